The van der Waals surface area contributed by atoms with Crippen molar-refractivity contribution < 1.29 is 17.9 Å². The van der Waals surface area contributed by atoms with Gasteiger partial charge in [-0.2, -0.15) is 13.2 Å². The number of alkyl halides is 3. The molecule has 25 heavy (non-hydrogen) atoms. The highest BCUT2D eigenvalue weighted by molar-refractivity contribution is 7.11. The van der Waals surface area contributed by atoms with Crippen molar-refractivity contribution in [2.75, 3.05) is 26.7 Å². The number of hydrogen-bond donors (Lipinski definition) is 1. The van der Waals surface area contributed by atoms with E-state index in [1.807, 2.05) is 24.3 Å². The number of benzene rings is 1. The van der Waals surface area contributed by atoms with E-state index in [0.717, 1.165) is 37.1 Å². The second kappa shape index (κ2) is 8.35. The topological polar surface area (TPSA) is 37.4 Å². The first kappa shape index (κ1) is 20.0. The Morgan fingerprint density at radius 3 is 2.80 bits per heavy atom. The molecule has 1 atom stereocenters. The van der Waals surface area contributed by atoms with Gasteiger partial charge in [0, 0.05) is 25.2 Å². The number of methoxy groups -OCH3 is 1. The minimum absolute atomic E-state index is 0. The molecule has 1 saturated heterocycles. The lowest BCUT2D eigenvalue weighted by atomic mass is 10.0. The highest BCUT2D eigenvalue weighted by Crippen LogP contribution is 2.35. The Kier molecular flexibility index (Phi) is 6.67. The summed E-state index contributed by atoms with van der Waals surface area (Å²) in [5.74, 6) is 0.784. The normalized spacial score (nSPS) is 18.6. The van der Waals surface area contributed by atoms with E-state index in [1.165, 1.54) is 0 Å². The summed E-state index contributed by atoms with van der Waals surface area (Å²) in [5.41, 5.74) is 1.03. The summed E-state index contributed by atoms with van der Waals surface area (Å²) >= 11 is 0.711. The maximum Gasteiger partial charge on any atom is 0.427 e. The molecule has 138 valence electrons. The number of piperazine rings is 1. The summed E-state index contributed by atoms with van der Waals surface area (Å²) in [5, 5.41) is 3.81. The fourth-order valence-corrected chi connectivity index (χ4v) is 3.68. The molecule has 1 aromatic carbocycles. The fraction of sp³-hybridized carbons (Fsp3) is 0.438. The van der Waals surface area contributed by atoms with Crippen molar-refractivity contribution in [3.05, 3.63) is 45.9 Å². The summed E-state index contributed by atoms with van der Waals surface area (Å²) in [4.78, 5) is 5.45. The molecule has 1 N–H and O–H groups in total. The first-order valence-electron chi connectivity index (χ1n) is 7.58. The smallest absolute Gasteiger partial charge is 0.427 e. The molecule has 1 fully saturated rings. The summed E-state index contributed by atoms with van der Waals surface area (Å²) in [6.45, 7) is 2.65. The van der Waals surface area contributed by atoms with Gasteiger partial charge in [-0.1, -0.05) is 18.2 Å². The van der Waals surface area contributed by atoms with E-state index in [-0.39, 0.29) is 18.4 Å². The van der Waals surface area contributed by atoms with Gasteiger partial charge in [0.1, 0.15) is 15.6 Å². The number of nitrogens with zero attached hydrogens (tertiary/aromatic N) is 2. The minimum atomic E-state index is -4.33. The van der Waals surface area contributed by atoms with Crippen LogP contribution < -0.4 is 10.1 Å². The van der Waals surface area contributed by atoms with Gasteiger partial charge < -0.3 is 10.1 Å². The van der Waals surface area contributed by atoms with Gasteiger partial charge in [-0.15, -0.1) is 23.7 Å². The maximum atomic E-state index is 12.8. The Labute approximate surface area is 154 Å². The number of hydrogen-bond acceptors (Lipinski definition) is 5. The molecule has 0 amide bonds. The first-order valence-corrected chi connectivity index (χ1v) is 8.40. The van der Waals surface area contributed by atoms with E-state index in [1.54, 1.807) is 7.11 Å². The molecule has 4 nitrogen and oxygen atoms in total. The lowest BCUT2D eigenvalue weighted by molar-refractivity contribution is -0.134. The molecule has 3 rings (SSSR count). The third kappa shape index (κ3) is 4.63. The van der Waals surface area contributed by atoms with Gasteiger partial charge in [-0.25, -0.2) is 4.98 Å². The number of para-hydroxylation sites is 1. The zero-order chi connectivity index (χ0) is 17.2. The average Bonchev–Trinajstić information content (AvgIpc) is 3.04. The predicted molar refractivity (Wildman–Crippen MR) is 93.4 cm³/mol. The zero-order valence-electron chi connectivity index (χ0n) is 13.5. The zero-order valence-corrected chi connectivity index (χ0v) is 15.2. The molecule has 1 aliphatic heterocycles. The average molecular weight is 394 g/mol. The quantitative estimate of drug-likeness (QED) is 0.858. The van der Waals surface area contributed by atoms with Gasteiger partial charge in [0.15, 0.2) is 0 Å². The molecule has 2 aromatic rings. The van der Waals surface area contributed by atoms with Crippen LogP contribution in [0.4, 0.5) is 13.2 Å². The molecule has 1 aliphatic rings. The highest BCUT2D eigenvalue weighted by atomic mass is 35.5. The Morgan fingerprint density at radius 2 is 2.12 bits per heavy atom. The van der Waals surface area contributed by atoms with E-state index >= 15 is 0 Å². The number of ether oxygens (including phenoxy) is 1. The first-order chi connectivity index (χ1) is 11.5. The van der Waals surface area contributed by atoms with Gasteiger partial charge in [0.25, 0.3) is 0 Å². The highest BCUT2D eigenvalue weighted by Gasteiger charge is 2.34. The molecule has 0 saturated carbocycles. The van der Waals surface area contributed by atoms with Crippen LogP contribution in [-0.4, -0.2) is 36.6 Å². The molecule has 0 radical (unpaired) electrons. The van der Waals surface area contributed by atoms with Crippen LogP contribution in [0.15, 0.2) is 30.5 Å². The Balaban J connectivity index is 0.00000225. The molecular weight excluding hydrogens is 375 g/mol. The van der Waals surface area contributed by atoms with E-state index in [9.17, 15) is 13.2 Å². The second-order valence-corrected chi connectivity index (χ2v) is 6.66. The fourth-order valence-electron chi connectivity index (χ4n) is 2.87. The van der Waals surface area contributed by atoms with Crippen molar-refractivity contribution in [1.82, 2.24) is 15.2 Å². The van der Waals surface area contributed by atoms with Crippen molar-refractivity contribution in [1.29, 1.82) is 0 Å². The molecule has 0 spiro atoms. The predicted octanol–water partition coefficient (Wildman–Crippen LogP) is 3.74. The van der Waals surface area contributed by atoms with Gasteiger partial charge in [-0.3, -0.25) is 4.90 Å². The number of aromatic nitrogens is 1. The Morgan fingerprint density at radius 1 is 1.36 bits per heavy atom. The molecule has 1 aromatic heterocycles. The standard InChI is InChI=1S/C16H18F3N3OS.ClH/c1-23-13-5-3-2-4-11(13)12-8-20-6-7-22(12)10-15-21-9-14(24-15)16(17,18)19;/h2-5,9,12,20H,6-8,10H2,1H3;1H. The van der Waals surface area contributed by atoms with Crippen molar-refractivity contribution in [3.8, 4) is 5.75 Å². The molecule has 9 heteroatoms. The number of rotatable bonds is 4. The van der Waals surface area contributed by atoms with Crippen LogP contribution in [0.2, 0.25) is 0 Å². The van der Waals surface area contributed by atoms with Crippen LogP contribution in [0.3, 0.4) is 0 Å². The van der Waals surface area contributed by atoms with Crippen LogP contribution in [0, 0.1) is 0 Å². The summed E-state index contributed by atoms with van der Waals surface area (Å²) < 4.78 is 43.7. The third-order valence-electron chi connectivity index (χ3n) is 4.02. The SMILES string of the molecule is COc1ccccc1C1CNCCN1Cc1ncc(C(F)(F)F)s1.Cl. The van der Waals surface area contributed by atoms with E-state index in [0.29, 0.717) is 22.9 Å². The van der Waals surface area contributed by atoms with Crippen LogP contribution in [0.1, 0.15) is 21.5 Å². The number of nitrogens with one attached hydrogen (secondary N) is 1. The third-order valence-corrected chi connectivity index (χ3v) is 5.05. The maximum absolute atomic E-state index is 12.8. The lowest BCUT2D eigenvalue weighted by Crippen LogP contribution is -2.45. The van der Waals surface area contributed by atoms with Crippen LogP contribution >= 0.6 is 23.7 Å². The summed E-state index contributed by atoms with van der Waals surface area (Å²) in [6.07, 6.45) is -3.41. The van der Waals surface area contributed by atoms with E-state index in [2.05, 4.69) is 15.2 Å². The molecule has 0 bridgehead atoms. The van der Waals surface area contributed by atoms with E-state index < -0.39 is 11.1 Å². The van der Waals surface area contributed by atoms with Gasteiger partial charge in [0.2, 0.25) is 0 Å². The van der Waals surface area contributed by atoms with Crippen LogP contribution in [-0.2, 0) is 12.7 Å². The second-order valence-electron chi connectivity index (χ2n) is 5.55. The molecular formula is C16H19ClF3N3OS. The number of halogens is 4. The number of thiazole rings is 1. The van der Waals surface area contributed by atoms with Gasteiger partial charge in [-0.05, 0) is 6.07 Å². The minimum Gasteiger partial charge on any atom is -0.496 e. The van der Waals surface area contributed by atoms with Crippen molar-refractivity contribution in [2.24, 2.45) is 0 Å². The lowest BCUT2D eigenvalue weighted by Gasteiger charge is -2.36. The van der Waals surface area contributed by atoms with Gasteiger partial charge >= 0.3 is 6.18 Å². The Bertz CT molecular complexity index is 695. The monoisotopic (exact) mass is 393 g/mol. The largest absolute Gasteiger partial charge is 0.496 e. The Hall–Kier alpha value is -1.35. The van der Waals surface area contributed by atoms with Crippen molar-refractivity contribution in [2.45, 2.75) is 18.8 Å². The summed E-state index contributed by atoms with van der Waals surface area (Å²) in [6, 6.07) is 7.77. The van der Waals surface area contributed by atoms with E-state index in [4.69, 9.17) is 4.74 Å². The van der Waals surface area contributed by atoms with Crippen molar-refractivity contribution in [3.63, 3.8) is 0 Å². The summed E-state index contributed by atoms with van der Waals surface area (Å²) in [7, 11) is 1.62. The van der Waals surface area contributed by atoms with Gasteiger partial charge in [0.05, 0.1) is 25.9 Å². The molecule has 2 heterocycles. The molecule has 0 aliphatic carbocycles. The van der Waals surface area contributed by atoms with Crippen LogP contribution in [0.25, 0.3) is 0 Å². The molecule has 1 unspecified atom stereocenters. The van der Waals surface area contributed by atoms with Crippen molar-refractivity contribution >= 4 is 23.7 Å². The van der Waals surface area contributed by atoms with Crippen LogP contribution in [0.5, 0.6) is 5.75 Å².